The standard InChI is InChI=1S/C39H28ClN5O5S2/c40-29-18-16-26(17-19-29)34-24-51-39(43-34)44-38(48)35(27-8-3-1-4-9-27)52-32-13-7-12-30(23-32)41-37(47)33(42-36(46)28-10-5-2-6-11-28)22-25-14-20-31(21-15-25)45(49)50/h1-24,35H,(H,41,47)(H,42,46)(H,43,44,48)/b33-22+. The van der Waals surface area contributed by atoms with Crippen LogP contribution in [0, 0.1) is 10.1 Å². The maximum Gasteiger partial charge on any atom is 0.272 e. The van der Waals surface area contributed by atoms with E-state index in [4.69, 9.17) is 11.6 Å². The number of amides is 3. The topological polar surface area (TPSA) is 143 Å². The number of halogens is 1. The minimum Gasteiger partial charge on any atom is -0.321 e. The molecule has 13 heteroatoms. The summed E-state index contributed by atoms with van der Waals surface area (Å²) in [6.07, 6.45) is 1.44. The van der Waals surface area contributed by atoms with Crippen LogP contribution in [0.2, 0.25) is 5.02 Å². The maximum absolute atomic E-state index is 13.8. The molecule has 0 fully saturated rings. The second-order valence-corrected chi connectivity index (χ2v) is 13.6. The monoisotopic (exact) mass is 745 g/mol. The predicted molar refractivity (Wildman–Crippen MR) is 206 cm³/mol. The Bertz CT molecular complexity index is 2250. The minimum atomic E-state index is -0.669. The molecule has 1 heterocycles. The molecule has 5 aromatic carbocycles. The van der Waals surface area contributed by atoms with E-state index in [1.54, 1.807) is 60.7 Å². The van der Waals surface area contributed by atoms with Gasteiger partial charge in [-0.15, -0.1) is 23.1 Å². The van der Waals surface area contributed by atoms with Crippen molar-refractivity contribution in [1.29, 1.82) is 0 Å². The van der Waals surface area contributed by atoms with E-state index in [0.29, 0.717) is 37.6 Å². The first-order valence-electron chi connectivity index (χ1n) is 15.7. The van der Waals surface area contributed by atoms with Crippen LogP contribution in [0.5, 0.6) is 0 Å². The van der Waals surface area contributed by atoms with E-state index in [2.05, 4.69) is 20.9 Å². The molecule has 1 unspecified atom stereocenters. The number of thioether (sulfide) groups is 1. The molecule has 6 rings (SSSR count). The van der Waals surface area contributed by atoms with Gasteiger partial charge in [-0.05, 0) is 71.8 Å². The summed E-state index contributed by atoms with van der Waals surface area (Å²) in [5, 5.41) is 21.9. The lowest BCUT2D eigenvalue weighted by Crippen LogP contribution is -2.30. The van der Waals surface area contributed by atoms with Crippen LogP contribution < -0.4 is 16.0 Å². The van der Waals surface area contributed by atoms with Gasteiger partial charge in [0.05, 0.1) is 10.6 Å². The SMILES string of the molecule is O=C(Nc1cccc(SC(C(=O)Nc2nc(-c3ccc(Cl)cc3)cs2)c2ccccc2)c1)/C(=C\c1ccc([N+](=O)[O-])cc1)NC(=O)c1ccccc1. The Balaban J connectivity index is 1.21. The first kappa shape index (κ1) is 35.7. The van der Waals surface area contributed by atoms with Crippen molar-refractivity contribution in [2.75, 3.05) is 10.6 Å². The van der Waals surface area contributed by atoms with Crippen molar-refractivity contribution < 1.29 is 19.3 Å². The van der Waals surface area contributed by atoms with Gasteiger partial charge in [0.25, 0.3) is 17.5 Å². The smallest absolute Gasteiger partial charge is 0.272 e. The highest BCUT2D eigenvalue weighted by Gasteiger charge is 2.24. The van der Waals surface area contributed by atoms with E-state index in [1.165, 1.54) is 53.4 Å². The zero-order chi connectivity index (χ0) is 36.5. The van der Waals surface area contributed by atoms with Crippen molar-refractivity contribution in [3.63, 3.8) is 0 Å². The molecule has 0 aliphatic rings. The Hall–Kier alpha value is -6.08. The van der Waals surface area contributed by atoms with Crippen molar-refractivity contribution in [2.45, 2.75) is 10.1 Å². The molecule has 52 heavy (non-hydrogen) atoms. The Morgan fingerprint density at radius 1 is 0.827 bits per heavy atom. The highest BCUT2D eigenvalue weighted by molar-refractivity contribution is 8.00. The van der Waals surface area contributed by atoms with E-state index in [9.17, 15) is 24.5 Å². The van der Waals surface area contributed by atoms with Gasteiger partial charge in [0.1, 0.15) is 10.9 Å². The fourth-order valence-electron chi connectivity index (χ4n) is 4.94. The summed E-state index contributed by atoms with van der Waals surface area (Å²) in [6, 6.07) is 37.6. The summed E-state index contributed by atoms with van der Waals surface area (Å²) in [5.41, 5.74) is 3.39. The quantitative estimate of drug-likeness (QED) is 0.0490. The molecule has 258 valence electrons. The number of thiazole rings is 1. The number of non-ortho nitro benzene ring substituents is 1. The van der Waals surface area contributed by atoms with Gasteiger partial charge >= 0.3 is 0 Å². The van der Waals surface area contributed by atoms with Crippen molar-refractivity contribution in [2.24, 2.45) is 0 Å². The van der Waals surface area contributed by atoms with Crippen LogP contribution in [0.15, 0.2) is 149 Å². The fraction of sp³-hybridized carbons (Fsp3) is 0.0256. The molecular weight excluding hydrogens is 718 g/mol. The first-order chi connectivity index (χ1) is 25.2. The molecular formula is C39H28ClN5O5S2. The van der Waals surface area contributed by atoms with Crippen molar-refractivity contribution in [3.05, 3.63) is 176 Å². The Morgan fingerprint density at radius 2 is 1.52 bits per heavy atom. The van der Waals surface area contributed by atoms with Crippen LogP contribution in [0.3, 0.4) is 0 Å². The third-order valence-corrected chi connectivity index (χ3v) is 9.76. The number of carbonyl (C=O) groups excluding carboxylic acids is 3. The van der Waals surface area contributed by atoms with Crippen LogP contribution in [0.4, 0.5) is 16.5 Å². The number of nitro benzene ring substituents is 1. The van der Waals surface area contributed by atoms with E-state index >= 15 is 0 Å². The summed E-state index contributed by atoms with van der Waals surface area (Å²) in [5.74, 6) is -1.41. The number of nitro groups is 1. The molecule has 0 bridgehead atoms. The first-order valence-corrected chi connectivity index (χ1v) is 17.8. The Labute approximate surface area is 311 Å². The van der Waals surface area contributed by atoms with Crippen LogP contribution in [-0.2, 0) is 9.59 Å². The van der Waals surface area contributed by atoms with Gasteiger partial charge in [0.2, 0.25) is 5.91 Å². The lowest BCUT2D eigenvalue weighted by molar-refractivity contribution is -0.384. The summed E-state index contributed by atoms with van der Waals surface area (Å²) in [7, 11) is 0. The number of nitrogens with one attached hydrogen (secondary N) is 3. The number of aromatic nitrogens is 1. The molecule has 1 aromatic heterocycles. The predicted octanol–water partition coefficient (Wildman–Crippen LogP) is 9.25. The van der Waals surface area contributed by atoms with Gasteiger partial charge < -0.3 is 16.0 Å². The van der Waals surface area contributed by atoms with Crippen molar-refractivity contribution >= 4 is 75.0 Å². The maximum atomic E-state index is 13.8. The molecule has 0 spiro atoms. The van der Waals surface area contributed by atoms with Gasteiger partial charge in [-0.2, -0.15) is 0 Å². The molecule has 6 aromatic rings. The fourth-order valence-corrected chi connectivity index (χ4v) is 6.87. The van der Waals surface area contributed by atoms with E-state index in [-0.39, 0.29) is 17.3 Å². The third-order valence-electron chi connectivity index (χ3n) is 7.50. The number of carbonyl (C=O) groups is 3. The number of rotatable bonds is 12. The van der Waals surface area contributed by atoms with Crippen LogP contribution in [-0.4, -0.2) is 27.6 Å². The number of nitrogens with zero attached hydrogens (tertiary/aromatic N) is 2. The van der Waals surface area contributed by atoms with Gasteiger partial charge in [0.15, 0.2) is 5.13 Å². The second kappa shape index (κ2) is 16.8. The molecule has 0 aliphatic heterocycles. The number of hydrogen-bond donors (Lipinski definition) is 3. The van der Waals surface area contributed by atoms with E-state index in [0.717, 1.165) is 11.1 Å². The highest BCUT2D eigenvalue weighted by Crippen LogP contribution is 2.38. The Kier molecular flexibility index (Phi) is 11.5. The van der Waals surface area contributed by atoms with E-state index in [1.807, 2.05) is 53.9 Å². The second-order valence-electron chi connectivity index (χ2n) is 11.2. The van der Waals surface area contributed by atoms with Crippen LogP contribution in [0.1, 0.15) is 26.7 Å². The van der Waals surface area contributed by atoms with Gasteiger partial charge in [-0.3, -0.25) is 24.5 Å². The summed E-state index contributed by atoms with van der Waals surface area (Å²) in [6.45, 7) is 0. The molecule has 0 saturated carbocycles. The third kappa shape index (κ3) is 9.37. The van der Waals surface area contributed by atoms with Gasteiger partial charge in [0, 0.05) is 44.2 Å². The Morgan fingerprint density at radius 3 is 2.21 bits per heavy atom. The molecule has 0 radical (unpaired) electrons. The normalized spacial score (nSPS) is 11.7. The molecule has 3 amide bonds. The highest BCUT2D eigenvalue weighted by atomic mass is 35.5. The summed E-state index contributed by atoms with van der Waals surface area (Å²) >= 11 is 8.64. The number of benzene rings is 5. The molecule has 1 atom stereocenters. The average Bonchev–Trinajstić information content (AvgIpc) is 3.63. The van der Waals surface area contributed by atoms with Gasteiger partial charge in [-0.25, -0.2) is 4.98 Å². The minimum absolute atomic E-state index is 0.0799. The van der Waals surface area contributed by atoms with Crippen molar-refractivity contribution in [1.82, 2.24) is 10.3 Å². The van der Waals surface area contributed by atoms with Gasteiger partial charge in [-0.1, -0.05) is 78.3 Å². The molecule has 3 N–H and O–H groups in total. The summed E-state index contributed by atoms with van der Waals surface area (Å²) in [4.78, 5) is 56.4. The number of anilines is 2. The lowest BCUT2D eigenvalue weighted by Gasteiger charge is -2.17. The molecule has 10 nitrogen and oxygen atoms in total. The van der Waals surface area contributed by atoms with Crippen LogP contribution in [0.25, 0.3) is 17.3 Å². The number of hydrogen-bond acceptors (Lipinski definition) is 8. The summed E-state index contributed by atoms with van der Waals surface area (Å²) < 4.78 is 0. The zero-order valence-corrected chi connectivity index (χ0v) is 29.5. The largest absolute Gasteiger partial charge is 0.321 e. The zero-order valence-electron chi connectivity index (χ0n) is 27.1. The molecule has 0 aliphatic carbocycles. The van der Waals surface area contributed by atoms with E-state index < -0.39 is 22.0 Å². The average molecular weight is 746 g/mol. The van der Waals surface area contributed by atoms with Crippen LogP contribution >= 0.6 is 34.7 Å². The lowest BCUT2D eigenvalue weighted by atomic mass is 10.1. The molecule has 0 saturated heterocycles. The van der Waals surface area contributed by atoms with Crippen molar-refractivity contribution in [3.8, 4) is 11.3 Å².